The largest absolute Gasteiger partial charge is 0.483 e. The monoisotopic (exact) mass is 497 g/mol. The van der Waals surface area contributed by atoms with Crippen LogP contribution in [-0.2, 0) is 4.79 Å². The second-order valence-electron chi connectivity index (χ2n) is 5.91. The molecular formula is C19H20IN3O3S. The number of ether oxygens (including phenoxy) is 1. The van der Waals surface area contributed by atoms with Gasteiger partial charge < -0.3 is 4.74 Å². The van der Waals surface area contributed by atoms with Crippen molar-refractivity contribution in [3.63, 3.8) is 0 Å². The topological polar surface area (TPSA) is 79.5 Å². The first-order valence-corrected chi connectivity index (χ1v) is 9.62. The Hall–Kier alpha value is -2.20. The minimum Gasteiger partial charge on any atom is -0.483 e. The molecule has 0 radical (unpaired) electrons. The van der Waals surface area contributed by atoms with Crippen LogP contribution in [0.3, 0.4) is 0 Å². The summed E-state index contributed by atoms with van der Waals surface area (Å²) in [4.78, 5) is 24.0. The maximum atomic E-state index is 12.2. The quantitative estimate of drug-likeness (QED) is 0.344. The molecule has 0 saturated carbocycles. The Balaban J connectivity index is 1.79. The van der Waals surface area contributed by atoms with Gasteiger partial charge in [0.2, 0.25) is 0 Å². The van der Waals surface area contributed by atoms with Gasteiger partial charge in [-0.25, -0.2) is 0 Å². The molecule has 142 valence electrons. The molecule has 8 heteroatoms. The summed E-state index contributed by atoms with van der Waals surface area (Å²) in [6.45, 7) is 5.69. The Morgan fingerprint density at radius 3 is 2.52 bits per heavy atom. The van der Waals surface area contributed by atoms with Crippen LogP contribution in [0.5, 0.6) is 5.75 Å². The van der Waals surface area contributed by atoms with E-state index in [1.165, 1.54) is 0 Å². The predicted molar refractivity (Wildman–Crippen MR) is 117 cm³/mol. The average molecular weight is 497 g/mol. The van der Waals surface area contributed by atoms with Crippen molar-refractivity contribution in [2.45, 2.75) is 20.8 Å². The minimum atomic E-state index is -0.419. The molecule has 2 amide bonds. The number of hydrogen-bond acceptors (Lipinski definition) is 4. The van der Waals surface area contributed by atoms with Crippen molar-refractivity contribution in [2.24, 2.45) is 0 Å². The lowest BCUT2D eigenvalue weighted by molar-refractivity contribution is -0.123. The lowest BCUT2D eigenvalue weighted by Crippen LogP contribution is -2.49. The summed E-state index contributed by atoms with van der Waals surface area (Å²) >= 11 is 7.18. The third-order valence-corrected chi connectivity index (χ3v) is 5.26. The van der Waals surface area contributed by atoms with Crippen LogP contribution < -0.4 is 20.9 Å². The van der Waals surface area contributed by atoms with E-state index in [-0.39, 0.29) is 17.6 Å². The van der Waals surface area contributed by atoms with E-state index >= 15 is 0 Å². The number of carbonyl (C=O) groups excluding carboxylic acids is 2. The highest BCUT2D eigenvalue weighted by atomic mass is 127. The van der Waals surface area contributed by atoms with Crippen LogP contribution in [0, 0.1) is 24.3 Å². The molecule has 3 N–H and O–H groups in total. The van der Waals surface area contributed by atoms with E-state index in [4.69, 9.17) is 17.0 Å². The number of rotatable bonds is 4. The van der Waals surface area contributed by atoms with Crippen LogP contribution in [0.1, 0.15) is 27.0 Å². The number of nitrogens with one attached hydrogen (secondary N) is 3. The number of aryl methyl sites for hydroxylation is 2. The van der Waals surface area contributed by atoms with Crippen LogP contribution >= 0.6 is 34.8 Å². The van der Waals surface area contributed by atoms with Crippen LogP contribution in [0.4, 0.5) is 0 Å². The molecule has 0 unspecified atom stereocenters. The van der Waals surface area contributed by atoms with E-state index in [2.05, 4.69) is 38.8 Å². The summed E-state index contributed by atoms with van der Waals surface area (Å²) < 4.78 is 6.49. The summed E-state index contributed by atoms with van der Waals surface area (Å²) in [5.41, 5.74) is 8.52. The van der Waals surface area contributed by atoms with Gasteiger partial charge in [-0.15, -0.1) is 0 Å². The summed E-state index contributed by atoms with van der Waals surface area (Å²) in [5.74, 6) is -0.126. The number of thiocarbonyl (C=S) groups is 1. The molecule has 27 heavy (non-hydrogen) atoms. The fourth-order valence-electron chi connectivity index (χ4n) is 2.13. The van der Waals surface area contributed by atoms with Crippen molar-refractivity contribution < 1.29 is 14.3 Å². The third kappa shape index (κ3) is 6.17. The Morgan fingerprint density at radius 2 is 1.81 bits per heavy atom. The highest BCUT2D eigenvalue weighted by Crippen LogP contribution is 2.20. The summed E-state index contributed by atoms with van der Waals surface area (Å²) in [6.07, 6.45) is 0. The second-order valence-corrected chi connectivity index (χ2v) is 7.48. The van der Waals surface area contributed by atoms with Crippen molar-refractivity contribution in [3.05, 3.63) is 62.2 Å². The van der Waals surface area contributed by atoms with Crippen LogP contribution in [0.25, 0.3) is 0 Å². The standard InChI is InChI=1S/C19H20IN3O3S/c1-11-5-4-6-16(13(11)3)26-10-17(24)22-23-19(27)21-18(25)14-8-7-12(2)15(20)9-14/h4-9H,10H2,1-3H3,(H,22,24)(H2,21,23,25,27). The SMILES string of the molecule is Cc1ccc(C(=O)NC(=S)NNC(=O)COc2cccc(C)c2C)cc1I. The van der Waals surface area contributed by atoms with Crippen molar-refractivity contribution in [1.29, 1.82) is 0 Å². The first kappa shape index (κ1) is 21.1. The number of benzene rings is 2. The Bertz CT molecular complexity index is 886. The van der Waals surface area contributed by atoms with Gasteiger partial charge in [0.1, 0.15) is 5.75 Å². The van der Waals surface area contributed by atoms with E-state index in [0.717, 1.165) is 20.3 Å². The normalized spacial score (nSPS) is 10.1. The minimum absolute atomic E-state index is 0.00401. The second kappa shape index (κ2) is 9.65. The number of carbonyl (C=O) groups is 2. The third-order valence-electron chi connectivity index (χ3n) is 3.89. The number of halogens is 1. The molecule has 0 saturated heterocycles. The van der Waals surface area contributed by atoms with Crippen LogP contribution in [-0.4, -0.2) is 23.5 Å². The Morgan fingerprint density at radius 1 is 1.07 bits per heavy atom. The molecular weight excluding hydrogens is 477 g/mol. The number of hydrogen-bond donors (Lipinski definition) is 3. The lowest BCUT2D eigenvalue weighted by atomic mass is 10.1. The van der Waals surface area contributed by atoms with E-state index in [9.17, 15) is 9.59 Å². The molecule has 0 atom stereocenters. The summed E-state index contributed by atoms with van der Waals surface area (Å²) in [5, 5.41) is 2.51. The first-order valence-electron chi connectivity index (χ1n) is 8.13. The van der Waals surface area contributed by atoms with Gasteiger partial charge in [-0.1, -0.05) is 18.2 Å². The van der Waals surface area contributed by atoms with Gasteiger partial charge in [-0.3, -0.25) is 25.8 Å². The van der Waals surface area contributed by atoms with Gasteiger partial charge in [0.15, 0.2) is 11.7 Å². The molecule has 0 aliphatic rings. The molecule has 2 aromatic carbocycles. The summed E-state index contributed by atoms with van der Waals surface area (Å²) in [6, 6.07) is 11.0. The highest BCUT2D eigenvalue weighted by Gasteiger charge is 2.10. The van der Waals surface area contributed by atoms with E-state index < -0.39 is 5.91 Å². The van der Waals surface area contributed by atoms with Gasteiger partial charge in [0, 0.05) is 9.13 Å². The highest BCUT2D eigenvalue weighted by molar-refractivity contribution is 14.1. The van der Waals surface area contributed by atoms with Gasteiger partial charge in [-0.2, -0.15) is 0 Å². The molecule has 0 aliphatic heterocycles. The molecule has 0 fully saturated rings. The zero-order valence-corrected chi connectivity index (χ0v) is 18.2. The predicted octanol–water partition coefficient (Wildman–Crippen LogP) is 2.93. The first-order chi connectivity index (χ1) is 12.8. The molecule has 2 aromatic rings. The Kier molecular flexibility index (Phi) is 7.55. The van der Waals surface area contributed by atoms with E-state index in [1.807, 2.05) is 39.0 Å². The zero-order valence-electron chi connectivity index (χ0n) is 15.2. The van der Waals surface area contributed by atoms with Gasteiger partial charge >= 0.3 is 0 Å². The van der Waals surface area contributed by atoms with Crippen LogP contribution in [0.15, 0.2) is 36.4 Å². The fourth-order valence-corrected chi connectivity index (χ4v) is 2.79. The molecule has 2 rings (SSSR count). The maximum absolute atomic E-state index is 12.2. The van der Waals surface area contributed by atoms with Gasteiger partial charge in [0.25, 0.3) is 11.8 Å². The van der Waals surface area contributed by atoms with Gasteiger partial charge in [-0.05, 0) is 90.5 Å². The number of amides is 2. The Labute approximate surface area is 177 Å². The molecule has 6 nitrogen and oxygen atoms in total. The van der Waals surface area contributed by atoms with Crippen molar-refractivity contribution in [2.75, 3.05) is 6.61 Å². The lowest BCUT2D eigenvalue weighted by Gasteiger charge is -2.13. The molecule has 0 heterocycles. The zero-order chi connectivity index (χ0) is 20.0. The summed E-state index contributed by atoms with van der Waals surface area (Å²) in [7, 11) is 0. The molecule has 0 spiro atoms. The molecule has 0 aromatic heterocycles. The fraction of sp³-hybridized carbons (Fsp3) is 0.211. The average Bonchev–Trinajstić information content (AvgIpc) is 2.63. The van der Waals surface area contributed by atoms with Gasteiger partial charge in [0.05, 0.1) is 0 Å². The van der Waals surface area contributed by atoms with Crippen LogP contribution in [0.2, 0.25) is 0 Å². The van der Waals surface area contributed by atoms with Crippen molar-refractivity contribution in [3.8, 4) is 5.75 Å². The number of hydrazine groups is 1. The van der Waals surface area contributed by atoms with E-state index in [1.54, 1.807) is 18.2 Å². The van der Waals surface area contributed by atoms with E-state index in [0.29, 0.717) is 11.3 Å². The molecule has 0 bridgehead atoms. The van der Waals surface area contributed by atoms with Crippen molar-refractivity contribution >= 4 is 51.7 Å². The molecule has 0 aliphatic carbocycles. The van der Waals surface area contributed by atoms with Crippen molar-refractivity contribution in [1.82, 2.24) is 16.2 Å². The smallest absolute Gasteiger partial charge is 0.276 e. The maximum Gasteiger partial charge on any atom is 0.276 e.